The lowest BCUT2D eigenvalue weighted by Crippen LogP contribution is -2.56. The van der Waals surface area contributed by atoms with Crippen LogP contribution in [-0.4, -0.2) is 38.4 Å². The highest BCUT2D eigenvalue weighted by Gasteiger charge is 2.39. The molecule has 18 heavy (non-hydrogen) atoms. The molecule has 0 bridgehead atoms. The van der Waals surface area contributed by atoms with Crippen molar-refractivity contribution in [1.82, 2.24) is 0 Å². The SMILES string of the molecule is O=C1Nc2cc(Br)ccc2N2CCS(=O)(=O)CC12. The fourth-order valence-electron chi connectivity index (χ4n) is 2.39. The van der Waals surface area contributed by atoms with Crippen LogP contribution < -0.4 is 10.2 Å². The zero-order valence-corrected chi connectivity index (χ0v) is 11.8. The molecule has 1 aromatic carbocycles. The van der Waals surface area contributed by atoms with Crippen molar-refractivity contribution in [2.24, 2.45) is 0 Å². The monoisotopic (exact) mass is 330 g/mol. The van der Waals surface area contributed by atoms with Crippen molar-refractivity contribution in [3.8, 4) is 0 Å². The predicted octanol–water partition coefficient (Wildman–Crippen LogP) is 1.00. The van der Waals surface area contributed by atoms with E-state index < -0.39 is 15.9 Å². The van der Waals surface area contributed by atoms with E-state index >= 15 is 0 Å². The van der Waals surface area contributed by atoms with Crippen LogP contribution in [0.1, 0.15) is 0 Å². The smallest absolute Gasteiger partial charge is 0.248 e. The summed E-state index contributed by atoms with van der Waals surface area (Å²) in [4.78, 5) is 13.8. The Bertz CT molecular complexity index is 629. The minimum atomic E-state index is -3.11. The van der Waals surface area contributed by atoms with E-state index in [9.17, 15) is 13.2 Å². The maximum Gasteiger partial charge on any atom is 0.248 e. The first-order valence-electron chi connectivity index (χ1n) is 5.54. The van der Waals surface area contributed by atoms with Gasteiger partial charge in [0.1, 0.15) is 6.04 Å². The molecule has 1 fully saturated rings. The Hall–Kier alpha value is -1.08. The van der Waals surface area contributed by atoms with Crippen LogP contribution in [0.3, 0.4) is 0 Å². The number of hydrogen-bond acceptors (Lipinski definition) is 4. The molecule has 2 heterocycles. The molecule has 1 atom stereocenters. The molecule has 96 valence electrons. The highest BCUT2D eigenvalue weighted by Crippen LogP contribution is 2.35. The number of carbonyl (C=O) groups excluding carboxylic acids is 1. The number of benzene rings is 1. The van der Waals surface area contributed by atoms with Crippen molar-refractivity contribution in [3.63, 3.8) is 0 Å². The number of nitrogens with zero attached hydrogens (tertiary/aromatic N) is 1. The summed E-state index contributed by atoms with van der Waals surface area (Å²) < 4.78 is 24.1. The average Bonchev–Trinajstić information content (AvgIpc) is 2.28. The molecule has 7 heteroatoms. The Morgan fingerprint density at radius 3 is 2.94 bits per heavy atom. The average molecular weight is 331 g/mol. The van der Waals surface area contributed by atoms with Gasteiger partial charge in [0.05, 0.1) is 22.9 Å². The number of rotatable bonds is 0. The van der Waals surface area contributed by atoms with E-state index in [-0.39, 0.29) is 17.4 Å². The number of hydrogen-bond donors (Lipinski definition) is 1. The van der Waals surface area contributed by atoms with E-state index in [1.165, 1.54) is 0 Å². The third kappa shape index (κ3) is 1.91. The normalized spacial score (nSPS) is 25.1. The summed E-state index contributed by atoms with van der Waals surface area (Å²) in [6.07, 6.45) is 0. The van der Waals surface area contributed by atoms with Crippen molar-refractivity contribution in [1.29, 1.82) is 0 Å². The second kappa shape index (κ2) is 3.96. The van der Waals surface area contributed by atoms with Crippen LogP contribution in [0.4, 0.5) is 11.4 Å². The zero-order chi connectivity index (χ0) is 12.9. The van der Waals surface area contributed by atoms with Crippen LogP contribution in [0.15, 0.2) is 22.7 Å². The molecule has 0 aromatic heterocycles. The third-order valence-electron chi connectivity index (χ3n) is 3.26. The molecule has 0 saturated carbocycles. The minimum absolute atomic E-state index is 0.103. The van der Waals surface area contributed by atoms with Gasteiger partial charge in [-0.05, 0) is 18.2 Å². The minimum Gasteiger partial charge on any atom is -0.356 e. The summed E-state index contributed by atoms with van der Waals surface area (Å²) in [5.74, 6) is -0.246. The topological polar surface area (TPSA) is 66.5 Å². The number of fused-ring (bicyclic) bond motifs is 3. The molecule has 2 aliphatic rings. The van der Waals surface area contributed by atoms with Gasteiger partial charge in [0.15, 0.2) is 9.84 Å². The number of carbonyl (C=O) groups is 1. The molecule has 5 nitrogen and oxygen atoms in total. The van der Waals surface area contributed by atoms with Crippen molar-refractivity contribution >= 4 is 43.0 Å². The Morgan fingerprint density at radius 1 is 1.39 bits per heavy atom. The highest BCUT2D eigenvalue weighted by atomic mass is 79.9. The first-order chi connectivity index (χ1) is 8.46. The van der Waals surface area contributed by atoms with Crippen LogP contribution in [0.2, 0.25) is 0 Å². The van der Waals surface area contributed by atoms with E-state index in [0.29, 0.717) is 6.54 Å². The van der Waals surface area contributed by atoms with Gasteiger partial charge in [-0.2, -0.15) is 0 Å². The standard InChI is InChI=1S/C11H11BrN2O3S/c12-7-1-2-9-8(5-7)13-11(15)10-6-18(16,17)4-3-14(9)10/h1-2,5,10H,3-4,6H2,(H,13,15). The summed E-state index contributed by atoms with van der Waals surface area (Å²) in [5.41, 5.74) is 1.61. The predicted molar refractivity (Wildman–Crippen MR) is 72.6 cm³/mol. The second-order valence-corrected chi connectivity index (χ2v) is 7.62. The lowest BCUT2D eigenvalue weighted by molar-refractivity contribution is -0.117. The molecule has 2 aliphatic heterocycles. The van der Waals surface area contributed by atoms with Gasteiger partial charge in [-0.15, -0.1) is 0 Å². The van der Waals surface area contributed by atoms with Crippen LogP contribution in [0.25, 0.3) is 0 Å². The molecule has 3 rings (SSSR count). The van der Waals surface area contributed by atoms with E-state index in [2.05, 4.69) is 21.2 Å². The lowest BCUT2D eigenvalue weighted by Gasteiger charge is -2.40. The maximum atomic E-state index is 12.0. The van der Waals surface area contributed by atoms with Gasteiger partial charge in [0.25, 0.3) is 0 Å². The Balaban J connectivity index is 2.06. The number of halogens is 1. The molecule has 1 saturated heterocycles. The maximum absolute atomic E-state index is 12.0. The fourth-order valence-corrected chi connectivity index (χ4v) is 4.20. The summed E-state index contributed by atoms with van der Waals surface area (Å²) in [6.45, 7) is 0.370. The quantitative estimate of drug-likeness (QED) is 0.770. The van der Waals surface area contributed by atoms with E-state index in [1.807, 2.05) is 23.1 Å². The van der Waals surface area contributed by atoms with E-state index in [0.717, 1.165) is 15.8 Å². The van der Waals surface area contributed by atoms with Crippen LogP contribution >= 0.6 is 15.9 Å². The number of amides is 1. The molecule has 1 unspecified atom stereocenters. The molecule has 1 amide bonds. The summed E-state index contributed by atoms with van der Waals surface area (Å²) in [6, 6.07) is 5.00. The molecule has 1 aromatic rings. The van der Waals surface area contributed by atoms with E-state index in [4.69, 9.17) is 0 Å². The second-order valence-electron chi connectivity index (χ2n) is 4.47. The van der Waals surface area contributed by atoms with Gasteiger partial charge in [-0.1, -0.05) is 15.9 Å². The largest absolute Gasteiger partial charge is 0.356 e. The first-order valence-corrected chi connectivity index (χ1v) is 8.15. The van der Waals surface area contributed by atoms with Gasteiger partial charge >= 0.3 is 0 Å². The lowest BCUT2D eigenvalue weighted by atomic mass is 10.1. The molecule has 0 spiro atoms. The Kier molecular flexibility index (Phi) is 2.63. The van der Waals surface area contributed by atoms with Crippen LogP contribution in [-0.2, 0) is 14.6 Å². The van der Waals surface area contributed by atoms with Gasteiger partial charge in [0, 0.05) is 11.0 Å². The van der Waals surface area contributed by atoms with Crippen LogP contribution in [0, 0.1) is 0 Å². The van der Waals surface area contributed by atoms with Gasteiger partial charge in [-0.3, -0.25) is 4.79 Å². The summed E-state index contributed by atoms with van der Waals surface area (Å²) in [5, 5.41) is 2.76. The number of sulfone groups is 1. The van der Waals surface area contributed by atoms with Crippen molar-refractivity contribution in [3.05, 3.63) is 22.7 Å². The Labute approximate surface area is 113 Å². The summed E-state index contributed by atoms with van der Waals surface area (Å²) >= 11 is 3.35. The number of anilines is 2. The van der Waals surface area contributed by atoms with Crippen molar-refractivity contribution < 1.29 is 13.2 Å². The third-order valence-corrected chi connectivity index (χ3v) is 5.38. The molecule has 1 N–H and O–H groups in total. The van der Waals surface area contributed by atoms with Gasteiger partial charge in [0.2, 0.25) is 5.91 Å². The molecular formula is C11H11BrN2O3S. The Morgan fingerprint density at radius 2 is 2.17 bits per heavy atom. The first kappa shape index (κ1) is 12.0. The van der Waals surface area contributed by atoms with Crippen molar-refractivity contribution in [2.45, 2.75) is 6.04 Å². The number of nitrogens with one attached hydrogen (secondary N) is 1. The fraction of sp³-hybridized carbons (Fsp3) is 0.364. The van der Waals surface area contributed by atoms with Gasteiger partial charge in [-0.25, -0.2) is 8.42 Å². The molecular weight excluding hydrogens is 320 g/mol. The molecule has 0 radical (unpaired) electrons. The zero-order valence-electron chi connectivity index (χ0n) is 9.39. The highest BCUT2D eigenvalue weighted by molar-refractivity contribution is 9.10. The van der Waals surface area contributed by atoms with Crippen molar-refractivity contribution in [2.75, 3.05) is 28.3 Å². The molecule has 0 aliphatic carbocycles. The summed E-state index contributed by atoms with van der Waals surface area (Å²) in [7, 11) is -3.11. The van der Waals surface area contributed by atoms with Gasteiger partial charge < -0.3 is 10.2 Å². The van der Waals surface area contributed by atoms with E-state index in [1.54, 1.807) is 0 Å². The van der Waals surface area contributed by atoms with Crippen LogP contribution in [0.5, 0.6) is 0 Å².